The largest absolute Gasteiger partial charge is 0.497 e. The molecule has 0 radical (unpaired) electrons. The van der Waals surface area contributed by atoms with Crippen LogP contribution in [0.4, 0.5) is 5.95 Å². The molecule has 2 N–H and O–H groups in total. The molecule has 0 aliphatic carbocycles. The molecule has 21 heavy (non-hydrogen) atoms. The van der Waals surface area contributed by atoms with Gasteiger partial charge in [-0.3, -0.25) is 4.57 Å². The van der Waals surface area contributed by atoms with E-state index in [4.69, 9.17) is 15.2 Å². The zero-order valence-electron chi connectivity index (χ0n) is 11.6. The number of benzene rings is 2. The molecule has 0 saturated carbocycles. The van der Waals surface area contributed by atoms with Gasteiger partial charge in [-0.15, -0.1) is 0 Å². The third-order valence-corrected chi connectivity index (χ3v) is 3.94. The average molecular weight is 348 g/mol. The molecule has 1 aromatic heterocycles. The van der Waals surface area contributed by atoms with Gasteiger partial charge in [0.15, 0.2) is 0 Å². The van der Waals surface area contributed by atoms with E-state index in [9.17, 15) is 0 Å². The van der Waals surface area contributed by atoms with E-state index in [0.717, 1.165) is 32.7 Å². The Morgan fingerprint density at radius 2 is 1.90 bits per heavy atom. The highest BCUT2D eigenvalue weighted by molar-refractivity contribution is 9.10. The standard InChI is InChI=1S/C15H14BrN3O2/c1-20-10-4-6-12-13(8-10)19(15(17)18-12)9-3-5-11(16)14(7-9)21-2/h3-8H,1-2H3,(H2,17,18). The van der Waals surface area contributed by atoms with Gasteiger partial charge in [-0.2, -0.15) is 0 Å². The fraction of sp³-hybridized carbons (Fsp3) is 0.133. The van der Waals surface area contributed by atoms with E-state index < -0.39 is 0 Å². The average Bonchev–Trinajstić information content (AvgIpc) is 2.82. The number of aromatic nitrogens is 2. The summed E-state index contributed by atoms with van der Waals surface area (Å²) in [6.45, 7) is 0. The Labute approximate surface area is 130 Å². The second-order valence-electron chi connectivity index (χ2n) is 4.48. The second-order valence-corrected chi connectivity index (χ2v) is 5.33. The smallest absolute Gasteiger partial charge is 0.205 e. The lowest BCUT2D eigenvalue weighted by Gasteiger charge is -2.10. The minimum absolute atomic E-state index is 0.419. The highest BCUT2D eigenvalue weighted by atomic mass is 79.9. The van der Waals surface area contributed by atoms with Crippen LogP contribution in [0.25, 0.3) is 16.7 Å². The van der Waals surface area contributed by atoms with Crippen molar-refractivity contribution in [2.45, 2.75) is 0 Å². The number of hydrogen-bond donors (Lipinski definition) is 1. The number of nitrogens with two attached hydrogens (primary N) is 1. The summed E-state index contributed by atoms with van der Waals surface area (Å²) in [5.74, 6) is 1.91. The molecule has 3 rings (SSSR count). The Kier molecular flexibility index (Phi) is 3.47. The van der Waals surface area contributed by atoms with Crippen molar-refractivity contribution in [3.8, 4) is 17.2 Å². The molecular formula is C15H14BrN3O2. The Morgan fingerprint density at radius 1 is 1.10 bits per heavy atom. The van der Waals surface area contributed by atoms with Gasteiger partial charge < -0.3 is 15.2 Å². The third kappa shape index (κ3) is 2.31. The van der Waals surface area contributed by atoms with Crippen LogP contribution in [0.2, 0.25) is 0 Å². The highest BCUT2D eigenvalue weighted by Crippen LogP contribution is 2.31. The molecule has 1 heterocycles. The number of methoxy groups -OCH3 is 2. The van der Waals surface area contributed by atoms with E-state index in [1.807, 2.05) is 41.0 Å². The third-order valence-electron chi connectivity index (χ3n) is 3.28. The van der Waals surface area contributed by atoms with Crippen molar-refractivity contribution >= 4 is 32.9 Å². The van der Waals surface area contributed by atoms with E-state index in [1.165, 1.54) is 0 Å². The first-order chi connectivity index (χ1) is 10.1. The van der Waals surface area contributed by atoms with Crippen molar-refractivity contribution < 1.29 is 9.47 Å². The molecule has 5 nitrogen and oxygen atoms in total. The zero-order chi connectivity index (χ0) is 15.0. The minimum atomic E-state index is 0.419. The van der Waals surface area contributed by atoms with E-state index in [1.54, 1.807) is 14.2 Å². The lowest BCUT2D eigenvalue weighted by Crippen LogP contribution is -2.01. The number of fused-ring (bicyclic) bond motifs is 1. The van der Waals surface area contributed by atoms with Crippen LogP contribution in [0.15, 0.2) is 40.9 Å². The van der Waals surface area contributed by atoms with E-state index in [0.29, 0.717) is 5.95 Å². The summed E-state index contributed by atoms with van der Waals surface area (Å²) >= 11 is 3.44. The van der Waals surface area contributed by atoms with Crippen LogP contribution in [-0.4, -0.2) is 23.8 Å². The quantitative estimate of drug-likeness (QED) is 0.788. The predicted molar refractivity (Wildman–Crippen MR) is 86.3 cm³/mol. The Balaban J connectivity index is 2.26. The van der Waals surface area contributed by atoms with Crippen LogP contribution < -0.4 is 15.2 Å². The molecule has 0 unspecified atom stereocenters. The van der Waals surface area contributed by atoms with Crippen molar-refractivity contribution in [2.75, 3.05) is 20.0 Å². The molecule has 108 valence electrons. The molecular weight excluding hydrogens is 334 g/mol. The van der Waals surface area contributed by atoms with Gasteiger partial charge in [-0.25, -0.2) is 4.98 Å². The fourth-order valence-electron chi connectivity index (χ4n) is 2.26. The van der Waals surface area contributed by atoms with E-state index in [2.05, 4.69) is 20.9 Å². The molecule has 6 heteroatoms. The van der Waals surface area contributed by atoms with Crippen LogP contribution >= 0.6 is 15.9 Å². The van der Waals surface area contributed by atoms with Gasteiger partial charge in [0.05, 0.1) is 35.4 Å². The van der Waals surface area contributed by atoms with Crippen molar-refractivity contribution in [3.05, 3.63) is 40.9 Å². The molecule has 3 aromatic rings. The van der Waals surface area contributed by atoms with Gasteiger partial charge in [0, 0.05) is 12.1 Å². The molecule has 2 aromatic carbocycles. The number of anilines is 1. The van der Waals surface area contributed by atoms with Gasteiger partial charge in [-0.1, -0.05) is 0 Å². The van der Waals surface area contributed by atoms with Gasteiger partial charge in [-0.05, 0) is 40.2 Å². The number of rotatable bonds is 3. The summed E-state index contributed by atoms with van der Waals surface area (Å²) in [7, 11) is 3.26. The molecule has 0 bridgehead atoms. The summed E-state index contributed by atoms with van der Waals surface area (Å²) in [6.07, 6.45) is 0. The first-order valence-electron chi connectivity index (χ1n) is 6.30. The summed E-state index contributed by atoms with van der Waals surface area (Å²) in [6, 6.07) is 11.4. The maximum Gasteiger partial charge on any atom is 0.205 e. The number of nitrogen functional groups attached to an aromatic ring is 1. The summed E-state index contributed by atoms with van der Waals surface area (Å²) in [5, 5.41) is 0. The highest BCUT2D eigenvalue weighted by Gasteiger charge is 2.12. The van der Waals surface area contributed by atoms with E-state index in [-0.39, 0.29) is 0 Å². The zero-order valence-corrected chi connectivity index (χ0v) is 13.2. The van der Waals surface area contributed by atoms with Crippen LogP contribution in [0.3, 0.4) is 0 Å². The Morgan fingerprint density at radius 3 is 2.62 bits per heavy atom. The number of hydrogen-bond acceptors (Lipinski definition) is 4. The van der Waals surface area contributed by atoms with Gasteiger partial charge in [0.25, 0.3) is 0 Å². The van der Waals surface area contributed by atoms with Crippen LogP contribution in [0.1, 0.15) is 0 Å². The first-order valence-corrected chi connectivity index (χ1v) is 7.09. The maximum atomic E-state index is 6.06. The monoisotopic (exact) mass is 347 g/mol. The first kappa shape index (κ1) is 13.8. The van der Waals surface area contributed by atoms with Gasteiger partial charge in [0.2, 0.25) is 5.95 Å². The van der Waals surface area contributed by atoms with Crippen LogP contribution in [0.5, 0.6) is 11.5 Å². The Bertz CT molecular complexity index is 814. The molecule has 0 fully saturated rings. The predicted octanol–water partition coefficient (Wildman–Crippen LogP) is 3.39. The maximum absolute atomic E-state index is 6.06. The van der Waals surface area contributed by atoms with Crippen molar-refractivity contribution in [1.29, 1.82) is 0 Å². The number of halogens is 1. The molecule has 0 amide bonds. The number of nitrogens with zero attached hydrogens (tertiary/aromatic N) is 2. The SMILES string of the molecule is COc1ccc2nc(N)n(-c3ccc(Br)c(OC)c3)c2c1. The van der Waals surface area contributed by atoms with Crippen molar-refractivity contribution in [2.24, 2.45) is 0 Å². The lowest BCUT2D eigenvalue weighted by molar-refractivity contribution is 0.412. The molecule has 0 saturated heterocycles. The lowest BCUT2D eigenvalue weighted by atomic mass is 10.2. The topological polar surface area (TPSA) is 62.3 Å². The number of imidazole rings is 1. The summed E-state index contributed by atoms with van der Waals surface area (Å²) in [5.41, 5.74) is 8.64. The van der Waals surface area contributed by atoms with Crippen LogP contribution in [-0.2, 0) is 0 Å². The molecule has 0 atom stereocenters. The Hall–Kier alpha value is -2.21. The molecule has 0 aliphatic heterocycles. The summed E-state index contributed by atoms with van der Waals surface area (Å²) in [4.78, 5) is 4.38. The van der Waals surface area contributed by atoms with Crippen molar-refractivity contribution in [1.82, 2.24) is 9.55 Å². The number of ether oxygens (including phenoxy) is 2. The van der Waals surface area contributed by atoms with Crippen LogP contribution in [0, 0.1) is 0 Å². The van der Waals surface area contributed by atoms with Gasteiger partial charge in [0.1, 0.15) is 11.5 Å². The summed E-state index contributed by atoms with van der Waals surface area (Å²) < 4.78 is 13.4. The second kappa shape index (κ2) is 5.29. The normalized spacial score (nSPS) is 10.8. The van der Waals surface area contributed by atoms with Gasteiger partial charge >= 0.3 is 0 Å². The molecule has 0 aliphatic rings. The minimum Gasteiger partial charge on any atom is -0.497 e. The fourth-order valence-corrected chi connectivity index (χ4v) is 2.67. The molecule has 0 spiro atoms. The van der Waals surface area contributed by atoms with Crippen molar-refractivity contribution in [3.63, 3.8) is 0 Å². The van der Waals surface area contributed by atoms with E-state index >= 15 is 0 Å².